The predicted molar refractivity (Wildman–Crippen MR) is 82.5 cm³/mol. The topological polar surface area (TPSA) is 72.2 Å². The molecule has 0 aliphatic carbocycles. The molecule has 2 aromatic rings. The number of benzene rings is 2. The van der Waals surface area contributed by atoms with Crippen molar-refractivity contribution in [2.45, 2.75) is 0 Å². The van der Waals surface area contributed by atoms with Gasteiger partial charge in [0.1, 0.15) is 5.70 Å². The van der Waals surface area contributed by atoms with Crippen LogP contribution in [-0.4, -0.2) is 11.8 Å². The zero-order chi connectivity index (χ0) is 15.2. The highest BCUT2D eigenvalue weighted by molar-refractivity contribution is 6.30. The van der Waals surface area contributed by atoms with Gasteiger partial charge in [-0.3, -0.25) is 9.59 Å². The molecular weight excluding hydrogens is 288 g/mol. The minimum Gasteiger partial charge on any atom is -0.364 e. The Hall–Kier alpha value is -2.59. The van der Waals surface area contributed by atoms with Gasteiger partial charge in [0.2, 0.25) is 0 Å². The number of hydrogen-bond acceptors (Lipinski definition) is 2. The molecule has 0 bridgehead atoms. The number of halogens is 1. The first kappa shape index (κ1) is 14.8. The summed E-state index contributed by atoms with van der Waals surface area (Å²) in [6, 6.07) is 15.4. The van der Waals surface area contributed by atoms with E-state index in [9.17, 15) is 9.59 Å². The number of amides is 2. The molecule has 2 amide bonds. The van der Waals surface area contributed by atoms with Gasteiger partial charge in [-0.25, -0.2) is 0 Å². The average molecular weight is 301 g/mol. The lowest BCUT2D eigenvalue weighted by molar-refractivity contribution is -0.114. The monoisotopic (exact) mass is 300 g/mol. The summed E-state index contributed by atoms with van der Waals surface area (Å²) >= 11 is 5.79. The van der Waals surface area contributed by atoms with Crippen molar-refractivity contribution in [2.24, 2.45) is 5.73 Å². The molecule has 4 nitrogen and oxygen atoms in total. The molecule has 0 heterocycles. The lowest BCUT2D eigenvalue weighted by atomic mass is 10.1. The third-order valence-electron chi connectivity index (χ3n) is 2.73. The van der Waals surface area contributed by atoms with Gasteiger partial charge in [0, 0.05) is 10.6 Å². The molecule has 2 rings (SSSR count). The van der Waals surface area contributed by atoms with Crippen LogP contribution >= 0.6 is 11.6 Å². The smallest absolute Gasteiger partial charge is 0.265 e. The van der Waals surface area contributed by atoms with Crippen molar-refractivity contribution in [1.29, 1.82) is 0 Å². The maximum Gasteiger partial charge on any atom is 0.265 e. The highest BCUT2D eigenvalue weighted by atomic mass is 35.5. The van der Waals surface area contributed by atoms with Gasteiger partial charge in [0.15, 0.2) is 0 Å². The second kappa shape index (κ2) is 6.72. The number of nitrogens with two attached hydrogens (primary N) is 1. The lowest BCUT2D eigenvalue weighted by Gasteiger charge is -2.07. The van der Waals surface area contributed by atoms with Crippen molar-refractivity contribution >= 4 is 29.5 Å². The molecule has 0 aliphatic rings. The number of nitrogens with one attached hydrogen (secondary N) is 1. The van der Waals surface area contributed by atoms with Crippen LogP contribution in [0.2, 0.25) is 5.02 Å². The van der Waals surface area contributed by atoms with Crippen LogP contribution in [0.15, 0.2) is 60.3 Å². The molecule has 3 N–H and O–H groups in total. The maximum atomic E-state index is 12.0. The number of carbonyl (C=O) groups is 2. The summed E-state index contributed by atoms with van der Waals surface area (Å²) in [4.78, 5) is 23.5. The normalized spacial score (nSPS) is 11.0. The Morgan fingerprint density at radius 1 is 1.00 bits per heavy atom. The molecule has 0 aromatic heterocycles. The molecule has 21 heavy (non-hydrogen) atoms. The first-order valence-electron chi connectivity index (χ1n) is 6.20. The van der Waals surface area contributed by atoms with E-state index in [0.717, 1.165) is 0 Å². The highest BCUT2D eigenvalue weighted by Crippen LogP contribution is 2.12. The molecule has 0 saturated heterocycles. The van der Waals surface area contributed by atoms with Crippen LogP contribution in [0.3, 0.4) is 0 Å². The van der Waals surface area contributed by atoms with Gasteiger partial charge in [-0.05, 0) is 35.9 Å². The number of carbonyl (C=O) groups excluding carboxylic acids is 2. The summed E-state index contributed by atoms with van der Waals surface area (Å²) in [6.07, 6.45) is 1.50. The highest BCUT2D eigenvalue weighted by Gasteiger charge is 2.11. The summed E-state index contributed by atoms with van der Waals surface area (Å²) in [7, 11) is 0. The van der Waals surface area contributed by atoms with Crippen molar-refractivity contribution < 1.29 is 9.59 Å². The largest absolute Gasteiger partial charge is 0.364 e. The Morgan fingerprint density at radius 2 is 1.62 bits per heavy atom. The minimum atomic E-state index is -0.714. The Kier molecular flexibility index (Phi) is 4.74. The SMILES string of the molecule is NC(=O)/C(=C\c1ccc(Cl)cc1)NC(=O)c1ccccc1. The van der Waals surface area contributed by atoms with Crippen LogP contribution in [0.25, 0.3) is 6.08 Å². The third-order valence-corrected chi connectivity index (χ3v) is 2.98. The van der Waals surface area contributed by atoms with Crippen molar-refractivity contribution in [1.82, 2.24) is 5.32 Å². The molecule has 0 fully saturated rings. The molecule has 5 heteroatoms. The molecule has 0 radical (unpaired) electrons. The van der Waals surface area contributed by atoms with Gasteiger partial charge in [0.25, 0.3) is 11.8 Å². The van der Waals surface area contributed by atoms with E-state index in [2.05, 4.69) is 5.32 Å². The minimum absolute atomic E-state index is 0.0196. The van der Waals surface area contributed by atoms with Crippen molar-refractivity contribution in [3.05, 3.63) is 76.4 Å². The van der Waals surface area contributed by atoms with Crippen LogP contribution in [0, 0.1) is 0 Å². The van der Waals surface area contributed by atoms with Gasteiger partial charge >= 0.3 is 0 Å². The Morgan fingerprint density at radius 3 is 2.19 bits per heavy atom. The number of primary amides is 1. The van der Waals surface area contributed by atoms with Gasteiger partial charge in [-0.2, -0.15) is 0 Å². The average Bonchev–Trinajstić information content (AvgIpc) is 2.49. The first-order chi connectivity index (χ1) is 10.1. The summed E-state index contributed by atoms with van der Waals surface area (Å²) in [5.41, 5.74) is 6.47. The fraction of sp³-hybridized carbons (Fsp3) is 0. The Balaban J connectivity index is 2.22. The molecule has 0 unspecified atom stereocenters. The van der Waals surface area contributed by atoms with E-state index in [1.54, 1.807) is 54.6 Å². The quantitative estimate of drug-likeness (QED) is 0.852. The van der Waals surface area contributed by atoms with Gasteiger partial charge in [-0.15, -0.1) is 0 Å². The third kappa shape index (κ3) is 4.19. The zero-order valence-corrected chi connectivity index (χ0v) is 11.8. The van der Waals surface area contributed by atoms with E-state index < -0.39 is 11.8 Å². The molecular formula is C16H13ClN2O2. The van der Waals surface area contributed by atoms with E-state index in [1.165, 1.54) is 6.08 Å². The van der Waals surface area contributed by atoms with Gasteiger partial charge < -0.3 is 11.1 Å². The molecule has 0 atom stereocenters. The fourth-order valence-corrected chi connectivity index (χ4v) is 1.80. The fourth-order valence-electron chi connectivity index (χ4n) is 1.68. The molecule has 2 aromatic carbocycles. The summed E-state index contributed by atoms with van der Waals surface area (Å²) in [6.45, 7) is 0. The van der Waals surface area contributed by atoms with Gasteiger partial charge in [-0.1, -0.05) is 41.9 Å². The van der Waals surface area contributed by atoms with Crippen LogP contribution in [0.5, 0.6) is 0 Å². The summed E-state index contributed by atoms with van der Waals surface area (Å²) in [5, 5.41) is 3.09. The summed E-state index contributed by atoms with van der Waals surface area (Å²) < 4.78 is 0. The molecule has 106 valence electrons. The van der Waals surface area contributed by atoms with E-state index >= 15 is 0 Å². The first-order valence-corrected chi connectivity index (χ1v) is 6.57. The van der Waals surface area contributed by atoms with E-state index in [1.807, 2.05) is 0 Å². The van der Waals surface area contributed by atoms with Crippen molar-refractivity contribution in [2.75, 3.05) is 0 Å². The standard InChI is InChI=1S/C16H13ClN2O2/c17-13-8-6-11(7-9-13)10-14(15(18)20)19-16(21)12-4-2-1-3-5-12/h1-10H,(H2,18,20)(H,19,21)/b14-10+. The second-order valence-electron chi connectivity index (χ2n) is 4.29. The van der Waals surface area contributed by atoms with E-state index in [0.29, 0.717) is 16.1 Å². The molecule has 0 saturated carbocycles. The Labute approximate surface area is 127 Å². The predicted octanol–water partition coefficient (Wildman–Crippen LogP) is 2.60. The van der Waals surface area contributed by atoms with Crippen LogP contribution < -0.4 is 11.1 Å². The lowest BCUT2D eigenvalue weighted by Crippen LogP contribution is -2.31. The number of hydrogen-bond donors (Lipinski definition) is 2. The van der Waals surface area contributed by atoms with Crippen molar-refractivity contribution in [3.8, 4) is 0 Å². The number of rotatable bonds is 4. The van der Waals surface area contributed by atoms with Crippen LogP contribution in [0.4, 0.5) is 0 Å². The van der Waals surface area contributed by atoms with Crippen molar-refractivity contribution in [3.63, 3.8) is 0 Å². The van der Waals surface area contributed by atoms with E-state index in [-0.39, 0.29) is 5.70 Å². The maximum absolute atomic E-state index is 12.0. The van der Waals surface area contributed by atoms with E-state index in [4.69, 9.17) is 17.3 Å². The summed E-state index contributed by atoms with van der Waals surface area (Å²) in [5.74, 6) is -1.11. The molecule has 0 aliphatic heterocycles. The van der Waals surface area contributed by atoms with Crippen LogP contribution in [0.1, 0.15) is 15.9 Å². The molecule has 0 spiro atoms. The Bertz CT molecular complexity index is 679. The van der Waals surface area contributed by atoms with Crippen LogP contribution in [-0.2, 0) is 4.79 Å². The zero-order valence-electron chi connectivity index (χ0n) is 11.0. The van der Waals surface area contributed by atoms with Gasteiger partial charge in [0.05, 0.1) is 0 Å². The second-order valence-corrected chi connectivity index (χ2v) is 4.73.